The van der Waals surface area contributed by atoms with Crippen LogP contribution in [0.4, 0.5) is 0 Å². The fourth-order valence-corrected chi connectivity index (χ4v) is 1.39. The third kappa shape index (κ3) is 2.17. The number of hydrogen-bond donors (Lipinski definition) is 1. The molecule has 0 spiro atoms. The van der Waals surface area contributed by atoms with Crippen molar-refractivity contribution in [2.75, 3.05) is 0 Å². The van der Waals surface area contributed by atoms with E-state index in [-0.39, 0.29) is 0 Å². The van der Waals surface area contributed by atoms with Gasteiger partial charge in [0.1, 0.15) is 11.8 Å². The fraction of sp³-hybridized carbons (Fsp3) is 0.167. The Labute approximate surface area is 93.8 Å². The molecule has 0 bridgehead atoms. The van der Waals surface area contributed by atoms with Crippen molar-refractivity contribution in [3.05, 3.63) is 54.9 Å². The third-order valence-corrected chi connectivity index (χ3v) is 2.23. The summed E-state index contributed by atoms with van der Waals surface area (Å²) in [5.41, 5.74) is 1.43. The van der Waals surface area contributed by atoms with E-state index in [1.165, 1.54) is 4.80 Å². The molecule has 1 aromatic heterocycles. The molecule has 0 saturated heterocycles. The average molecular weight is 215 g/mol. The molecular weight excluding hydrogens is 202 g/mol. The van der Waals surface area contributed by atoms with Crippen molar-refractivity contribution in [2.45, 2.75) is 12.5 Å². The van der Waals surface area contributed by atoms with Crippen LogP contribution in [0.1, 0.15) is 18.2 Å². The van der Waals surface area contributed by atoms with Crippen molar-refractivity contribution in [1.82, 2.24) is 15.0 Å². The van der Waals surface area contributed by atoms with Gasteiger partial charge >= 0.3 is 0 Å². The average Bonchev–Trinajstić information content (AvgIpc) is 2.80. The highest BCUT2D eigenvalue weighted by Crippen LogP contribution is 2.14. The maximum atomic E-state index is 9.69. The minimum Gasteiger partial charge on any atom is -0.386 e. The van der Waals surface area contributed by atoms with Crippen LogP contribution in [-0.2, 0) is 0 Å². The second-order valence-corrected chi connectivity index (χ2v) is 3.43. The molecule has 1 N–H and O–H groups in total. The highest BCUT2D eigenvalue weighted by Gasteiger charge is 2.10. The Morgan fingerprint density at radius 3 is 2.81 bits per heavy atom. The first-order valence-corrected chi connectivity index (χ1v) is 5.08. The van der Waals surface area contributed by atoms with Crippen molar-refractivity contribution in [3.8, 4) is 5.69 Å². The standard InChI is InChI=1S/C12H13N3O/c1-2-6-12(16)11-9-13-15(14-11)10-7-4-3-5-8-10/h2-5,7-9,12,16H,1,6H2. The zero-order chi connectivity index (χ0) is 11.4. The predicted molar refractivity (Wildman–Crippen MR) is 61.1 cm³/mol. The zero-order valence-electron chi connectivity index (χ0n) is 8.82. The van der Waals surface area contributed by atoms with E-state index in [0.29, 0.717) is 12.1 Å². The molecule has 0 radical (unpaired) electrons. The summed E-state index contributed by atoms with van der Waals surface area (Å²) in [6, 6.07) is 9.57. The lowest BCUT2D eigenvalue weighted by atomic mass is 10.2. The molecule has 1 unspecified atom stereocenters. The summed E-state index contributed by atoms with van der Waals surface area (Å²) in [6.45, 7) is 3.58. The number of aromatic nitrogens is 3. The van der Waals surface area contributed by atoms with Crippen LogP contribution < -0.4 is 0 Å². The minimum absolute atomic E-state index is 0.480. The molecule has 1 aromatic carbocycles. The molecule has 0 fully saturated rings. The fourth-order valence-electron chi connectivity index (χ4n) is 1.39. The summed E-state index contributed by atoms with van der Waals surface area (Å²) in [4.78, 5) is 1.50. The van der Waals surface area contributed by atoms with Crippen molar-refractivity contribution in [2.24, 2.45) is 0 Å². The number of benzene rings is 1. The van der Waals surface area contributed by atoms with Crippen LogP contribution in [-0.4, -0.2) is 20.1 Å². The van der Waals surface area contributed by atoms with Gasteiger partial charge in [0.05, 0.1) is 11.9 Å². The van der Waals surface area contributed by atoms with E-state index in [1.807, 2.05) is 30.3 Å². The van der Waals surface area contributed by atoms with Gasteiger partial charge in [-0.2, -0.15) is 15.0 Å². The van der Waals surface area contributed by atoms with Crippen molar-refractivity contribution >= 4 is 0 Å². The molecule has 82 valence electrons. The van der Waals surface area contributed by atoms with Gasteiger partial charge in [-0.3, -0.25) is 0 Å². The quantitative estimate of drug-likeness (QED) is 0.792. The Morgan fingerprint density at radius 2 is 2.12 bits per heavy atom. The Bertz CT molecular complexity index is 464. The second-order valence-electron chi connectivity index (χ2n) is 3.43. The van der Waals surface area contributed by atoms with Crippen LogP contribution in [0.5, 0.6) is 0 Å². The third-order valence-electron chi connectivity index (χ3n) is 2.23. The number of rotatable bonds is 4. The molecule has 4 nitrogen and oxygen atoms in total. The molecule has 0 saturated carbocycles. The smallest absolute Gasteiger partial charge is 0.112 e. The first kappa shape index (κ1) is 10.6. The largest absolute Gasteiger partial charge is 0.386 e. The van der Waals surface area contributed by atoms with E-state index in [4.69, 9.17) is 0 Å². The first-order valence-electron chi connectivity index (χ1n) is 5.08. The van der Waals surface area contributed by atoms with Gasteiger partial charge in [-0.15, -0.1) is 6.58 Å². The highest BCUT2D eigenvalue weighted by atomic mass is 16.3. The number of hydrogen-bond acceptors (Lipinski definition) is 3. The van der Waals surface area contributed by atoms with Crippen LogP contribution in [0.15, 0.2) is 49.2 Å². The molecule has 0 aliphatic rings. The molecule has 1 atom stereocenters. The molecule has 0 aliphatic carbocycles. The zero-order valence-corrected chi connectivity index (χ0v) is 8.82. The molecule has 1 heterocycles. The van der Waals surface area contributed by atoms with Crippen molar-refractivity contribution in [1.29, 1.82) is 0 Å². The number of nitrogens with zero attached hydrogens (tertiary/aromatic N) is 3. The number of para-hydroxylation sites is 1. The molecule has 4 heteroatoms. The summed E-state index contributed by atoms with van der Waals surface area (Å²) in [5.74, 6) is 0. The van der Waals surface area contributed by atoms with E-state index in [1.54, 1.807) is 12.3 Å². The van der Waals surface area contributed by atoms with Gasteiger partial charge in [-0.1, -0.05) is 24.3 Å². The van der Waals surface area contributed by atoms with E-state index < -0.39 is 6.10 Å². The van der Waals surface area contributed by atoms with E-state index in [9.17, 15) is 5.11 Å². The predicted octanol–water partition coefficient (Wildman–Crippen LogP) is 1.88. The summed E-state index contributed by atoms with van der Waals surface area (Å²) >= 11 is 0. The summed E-state index contributed by atoms with van der Waals surface area (Å²) < 4.78 is 0. The van der Waals surface area contributed by atoms with E-state index >= 15 is 0 Å². The normalized spacial score (nSPS) is 12.3. The number of aliphatic hydroxyl groups is 1. The first-order chi connectivity index (χ1) is 7.81. The van der Waals surface area contributed by atoms with Crippen molar-refractivity contribution < 1.29 is 5.11 Å². The lowest BCUT2D eigenvalue weighted by Gasteiger charge is -2.02. The van der Waals surface area contributed by atoms with Crippen LogP contribution in [0.25, 0.3) is 5.69 Å². The van der Waals surface area contributed by atoms with E-state index in [2.05, 4.69) is 16.8 Å². The van der Waals surface area contributed by atoms with E-state index in [0.717, 1.165) is 5.69 Å². The summed E-state index contributed by atoms with van der Waals surface area (Å²) in [5, 5.41) is 18.0. The van der Waals surface area contributed by atoms with Crippen LogP contribution >= 0.6 is 0 Å². The lowest BCUT2D eigenvalue weighted by Crippen LogP contribution is -2.01. The number of aliphatic hydroxyl groups excluding tert-OH is 1. The van der Waals surface area contributed by atoms with Crippen LogP contribution in [0, 0.1) is 0 Å². The Kier molecular flexibility index (Phi) is 3.12. The Hall–Kier alpha value is -1.94. The molecule has 0 amide bonds. The molecular formula is C12H13N3O. The second kappa shape index (κ2) is 4.72. The summed E-state index contributed by atoms with van der Waals surface area (Å²) in [6.07, 6.45) is 3.08. The maximum Gasteiger partial charge on any atom is 0.112 e. The van der Waals surface area contributed by atoms with Gasteiger partial charge in [0.2, 0.25) is 0 Å². The minimum atomic E-state index is -0.630. The van der Waals surface area contributed by atoms with Gasteiger partial charge in [-0.05, 0) is 18.6 Å². The monoisotopic (exact) mass is 215 g/mol. The van der Waals surface area contributed by atoms with Gasteiger partial charge in [0.25, 0.3) is 0 Å². The van der Waals surface area contributed by atoms with Gasteiger partial charge in [0.15, 0.2) is 0 Å². The summed E-state index contributed by atoms with van der Waals surface area (Å²) in [7, 11) is 0. The van der Waals surface area contributed by atoms with Crippen molar-refractivity contribution in [3.63, 3.8) is 0 Å². The van der Waals surface area contributed by atoms with Gasteiger partial charge in [-0.25, -0.2) is 0 Å². The molecule has 0 aliphatic heterocycles. The van der Waals surface area contributed by atoms with Gasteiger partial charge < -0.3 is 5.11 Å². The van der Waals surface area contributed by atoms with Gasteiger partial charge in [0, 0.05) is 0 Å². The van der Waals surface area contributed by atoms with Crippen LogP contribution in [0.2, 0.25) is 0 Å². The topological polar surface area (TPSA) is 50.9 Å². The molecule has 2 rings (SSSR count). The Morgan fingerprint density at radius 1 is 1.38 bits per heavy atom. The highest BCUT2D eigenvalue weighted by molar-refractivity contribution is 5.28. The Balaban J connectivity index is 2.23. The lowest BCUT2D eigenvalue weighted by molar-refractivity contribution is 0.176. The molecule has 16 heavy (non-hydrogen) atoms. The van der Waals surface area contributed by atoms with Crippen LogP contribution in [0.3, 0.4) is 0 Å². The maximum absolute atomic E-state index is 9.69. The molecule has 2 aromatic rings. The SMILES string of the molecule is C=CCC(O)c1cnn(-c2ccccc2)n1.